The van der Waals surface area contributed by atoms with E-state index in [-0.39, 0.29) is 11.3 Å². The average molecular weight is 290 g/mol. The highest BCUT2D eigenvalue weighted by atomic mass is 16.5. The maximum Gasteiger partial charge on any atom is 0.235 e. The van der Waals surface area contributed by atoms with E-state index in [1.807, 2.05) is 19.9 Å². The van der Waals surface area contributed by atoms with Gasteiger partial charge in [0.2, 0.25) is 5.91 Å². The smallest absolute Gasteiger partial charge is 0.235 e. The van der Waals surface area contributed by atoms with Gasteiger partial charge in [0.05, 0.1) is 18.6 Å². The van der Waals surface area contributed by atoms with Gasteiger partial charge in [0.1, 0.15) is 0 Å². The van der Waals surface area contributed by atoms with Crippen LogP contribution >= 0.6 is 0 Å². The molecule has 2 rings (SSSR count). The fraction of sp³-hybridized carbons (Fsp3) is 0.588. The topological polar surface area (TPSA) is 41.6 Å². The summed E-state index contributed by atoms with van der Waals surface area (Å²) in [6.45, 7) is 11.4. The Kier molecular flexibility index (Phi) is 4.88. The van der Waals surface area contributed by atoms with Crippen LogP contribution < -0.4 is 10.2 Å². The summed E-state index contributed by atoms with van der Waals surface area (Å²) in [5, 5.41) is 3.07. The maximum absolute atomic E-state index is 12.4. The molecule has 0 aliphatic carbocycles. The lowest BCUT2D eigenvalue weighted by molar-refractivity contribution is -0.156. The summed E-state index contributed by atoms with van der Waals surface area (Å²) in [5.41, 5.74) is 2.87. The number of ether oxygens (including phenoxy) is 1. The predicted octanol–water partition coefficient (Wildman–Crippen LogP) is 3.21. The van der Waals surface area contributed by atoms with Gasteiger partial charge in [-0.1, -0.05) is 6.92 Å². The second-order valence-corrected chi connectivity index (χ2v) is 5.75. The molecule has 4 heteroatoms. The van der Waals surface area contributed by atoms with Gasteiger partial charge in [0.25, 0.3) is 0 Å². The van der Waals surface area contributed by atoms with Crippen molar-refractivity contribution in [2.75, 3.05) is 36.5 Å². The zero-order valence-electron chi connectivity index (χ0n) is 13.5. The van der Waals surface area contributed by atoms with Gasteiger partial charge >= 0.3 is 0 Å². The van der Waals surface area contributed by atoms with Gasteiger partial charge in [0.15, 0.2) is 0 Å². The van der Waals surface area contributed by atoms with Gasteiger partial charge in [0, 0.05) is 24.5 Å². The SMILES string of the molecule is CCN(CC)c1ccc(NC(=O)C2(CC)COC2)c(C)c1. The lowest BCUT2D eigenvalue weighted by Crippen LogP contribution is -2.51. The number of benzene rings is 1. The van der Waals surface area contributed by atoms with Gasteiger partial charge in [-0.05, 0) is 51.0 Å². The molecule has 1 N–H and O–H groups in total. The van der Waals surface area contributed by atoms with Crippen LogP contribution in [0.5, 0.6) is 0 Å². The van der Waals surface area contributed by atoms with Crippen LogP contribution in [0.25, 0.3) is 0 Å². The van der Waals surface area contributed by atoms with Gasteiger partial charge < -0.3 is 15.0 Å². The van der Waals surface area contributed by atoms with E-state index in [9.17, 15) is 4.79 Å². The molecule has 0 saturated carbocycles. The summed E-state index contributed by atoms with van der Waals surface area (Å²) in [6.07, 6.45) is 0.815. The van der Waals surface area contributed by atoms with Gasteiger partial charge in [-0.15, -0.1) is 0 Å². The van der Waals surface area contributed by atoms with Crippen LogP contribution in [0.3, 0.4) is 0 Å². The van der Waals surface area contributed by atoms with Crippen molar-refractivity contribution in [3.05, 3.63) is 23.8 Å². The molecule has 4 nitrogen and oxygen atoms in total. The van der Waals surface area contributed by atoms with Crippen LogP contribution in [0.2, 0.25) is 0 Å². The number of hydrogen-bond acceptors (Lipinski definition) is 3. The lowest BCUT2D eigenvalue weighted by Gasteiger charge is -2.39. The first-order chi connectivity index (χ1) is 10.1. The number of amides is 1. The maximum atomic E-state index is 12.4. The normalized spacial score (nSPS) is 16.2. The van der Waals surface area contributed by atoms with E-state index < -0.39 is 0 Å². The average Bonchev–Trinajstić information content (AvgIpc) is 2.42. The van der Waals surface area contributed by atoms with E-state index in [1.165, 1.54) is 5.69 Å². The Morgan fingerprint density at radius 3 is 2.38 bits per heavy atom. The molecule has 1 aromatic rings. The number of nitrogens with zero attached hydrogens (tertiary/aromatic N) is 1. The second kappa shape index (κ2) is 6.48. The predicted molar refractivity (Wildman–Crippen MR) is 86.9 cm³/mol. The van der Waals surface area contributed by atoms with E-state index in [2.05, 4.69) is 36.2 Å². The monoisotopic (exact) mass is 290 g/mol. The summed E-state index contributed by atoms with van der Waals surface area (Å²) in [7, 11) is 0. The Morgan fingerprint density at radius 2 is 1.95 bits per heavy atom. The van der Waals surface area contributed by atoms with Crippen LogP contribution in [0.15, 0.2) is 18.2 Å². The van der Waals surface area contributed by atoms with E-state index >= 15 is 0 Å². The van der Waals surface area contributed by atoms with Crippen molar-refractivity contribution in [2.24, 2.45) is 5.41 Å². The van der Waals surface area contributed by atoms with Crippen LogP contribution in [0.4, 0.5) is 11.4 Å². The summed E-state index contributed by atoms with van der Waals surface area (Å²) < 4.78 is 5.23. The molecule has 0 spiro atoms. The number of anilines is 2. The standard InChI is InChI=1S/C17H26N2O2/c1-5-17(11-21-12-17)16(20)18-15-9-8-14(10-13(15)4)19(6-2)7-3/h8-10H,5-7,11-12H2,1-4H3,(H,18,20). The van der Waals surface area contributed by atoms with Crippen molar-refractivity contribution in [3.63, 3.8) is 0 Å². The van der Waals surface area contributed by atoms with Gasteiger partial charge in [-0.2, -0.15) is 0 Å². The molecule has 1 aliphatic heterocycles. The third-order valence-electron chi connectivity index (χ3n) is 4.50. The zero-order chi connectivity index (χ0) is 15.5. The summed E-state index contributed by atoms with van der Waals surface area (Å²) in [5.74, 6) is 0.0786. The fourth-order valence-electron chi connectivity index (χ4n) is 2.67. The number of carbonyl (C=O) groups excluding carboxylic acids is 1. The van der Waals surface area contributed by atoms with Crippen molar-refractivity contribution in [1.29, 1.82) is 0 Å². The molecule has 1 aliphatic rings. The number of nitrogens with one attached hydrogen (secondary N) is 1. The van der Waals surface area contributed by atoms with E-state index in [0.717, 1.165) is 30.8 Å². The second-order valence-electron chi connectivity index (χ2n) is 5.75. The Balaban J connectivity index is 2.12. The summed E-state index contributed by atoms with van der Waals surface area (Å²) >= 11 is 0. The molecule has 0 bridgehead atoms. The van der Waals surface area contributed by atoms with Gasteiger partial charge in [-0.3, -0.25) is 4.79 Å². The van der Waals surface area contributed by atoms with Crippen LogP contribution in [-0.4, -0.2) is 32.2 Å². The van der Waals surface area contributed by atoms with Crippen molar-refractivity contribution >= 4 is 17.3 Å². The van der Waals surface area contributed by atoms with Crippen LogP contribution in [0.1, 0.15) is 32.8 Å². The first kappa shape index (κ1) is 15.8. The van der Waals surface area contributed by atoms with E-state index in [0.29, 0.717) is 13.2 Å². The quantitative estimate of drug-likeness (QED) is 0.874. The minimum absolute atomic E-state index is 0.0786. The zero-order valence-corrected chi connectivity index (χ0v) is 13.5. The molecule has 116 valence electrons. The van der Waals surface area contributed by atoms with E-state index in [1.54, 1.807) is 0 Å². The van der Waals surface area contributed by atoms with Crippen LogP contribution in [0, 0.1) is 12.3 Å². The highest BCUT2D eigenvalue weighted by Gasteiger charge is 2.44. The van der Waals surface area contributed by atoms with Crippen molar-refractivity contribution < 1.29 is 9.53 Å². The summed E-state index contributed by atoms with van der Waals surface area (Å²) in [4.78, 5) is 14.7. The van der Waals surface area contributed by atoms with Crippen molar-refractivity contribution in [1.82, 2.24) is 0 Å². The van der Waals surface area contributed by atoms with Crippen molar-refractivity contribution in [3.8, 4) is 0 Å². The Hall–Kier alpha value is -1.55. The molecule has 0 radical (unpaired) electrons. The first-order valence-corrected chi connectivity index (χ1v) is 7.81. The minimum atomic E-state index is -0.329. The molecule has 1 saturated heterocycles. The number of carbonyl (C=O) groups is 1. The minimum Gasteiger partial charge on any atom is -0.379 e. The molecular formula is C17H26N2O2. The molecule has 1 heterocycles. The molecule has 21 heavy (non-hydrogen) atoms. The number of aryl methyl sites for hydroxylation is 1. The molecule has 1 aromatic carbocycles. The molecule has 1 amide bonds. The highest BCUT2D eigenvalue weighted by molar-refractivity contribution is 5.96. The van der Waals surface area contributed by atoms with Crippen molar-refractivity contribution in [2.45, 2.75) is 34.1 Å². The molecule has 0 atom stereocenters. The third-order valence-corrected chi connectivity index (χ3v) is 4.50. The molecule has 1 fully saturated rings. The lowest BCUT2D eigenvalue weighted by atomic mass is 9.82. The largest absolute Gasteiger partial charge is 0.379 e. The molecule has 0 unspecified atom stereocenters. The first-order valence-electron chi connectivity index (χ1n) is 7.81. The Bertz CT molecular complexity index is 500. The Morgan fingerprint density at radius 1 is 1.29 bits per heavy atom. The number of rotatable bonds is 6. The summed E-state index contributed by atoms with van der Waals surface area (Å²) in [6, 6.07) is 6.22. The number of hydrogen-bond donors (Lipinski definition) is 1. The van der Waals surface area contributed by atoms with E-state index in [4.69, 9.17) is 4.74 Å². The highest BCUT2D eigenvalue weighted by Crippen LogP contribution is 2.33. The fourth-order valence-corrected chi connectivity index (χ4v) is 2.67. The third kappa shape index (κ3) is 3.05. The molecular weight excluding hydrogens is 264 g/mol. The molecule has 0 aromatic heterocycles. The Labute approximate surface area is 127 Å². The van der Waals surface area contributed by atoms with Crippen LogP contribution in [-0.2, 0) is 9.53 Å². The van der Waals surface area contributed by atoms with Gasteiger partial charge in [-0.25, -0.2) is 0 Å².